The summed E-state index contributed by atoms with van der Waals surface area (Å²) in [5.41, 5.74) is 5.43. The zero-order valence-electron chi connectivity index (χ0n) is 7.88. The lowest BCUT2D eigenvalue weighted by Crippen LogP contribution is -2.26. The number of nitrogens with two attached hydrogens (primary N) is 1. The maximum Gasteiger partial charge on any atom is 0.0276 e. The van der Waals surface area contributed by atoms with Gasteiger partial charge < -0.3 is 16.4 Å². The van der Waals surface area contributed by atoms with Crippen LogP contribution in [-0.2, 0) is 0 Å². The van der Waals surface area contributed by atoms with E-state index in [-0.39, 0.29) is 0 Å². The summed E-state index contributed by atoms with van der Waals surface area (Å²) in [4.78, 5) is 0. The van der Waals surface area contributed by atoms with Gasteiger partial charge in [-0.25, -0.2) is 0 Å². The first-order chi connectivity index (χ1) is 5.85. The van der Waals surface area contributed by atoms with Crippen molar-refractivity contribution in [3.8, 4) is 0 Å². The molecule has 0 bridgehead atoms. The fourth-order valence-electron chi connectivity index (χ4n) is 0.840. The molecular formula is C9H19N3. The fourth-order valence-corrected chi connectivity index (χ4v) is 0.840. The van der Waals surface area contributed by atoms with E-state index in [1.807, 2.05) is 32.4 Å². The van der Waals surface area contributed by atoms with Gasteiger partial charge in [-0.2, -0.15) is 0 Å². The van der Waals surface area contributed by atoms with E-state index in [4.69, 9.17) is 5.73 Å². The van der Waals surface area contributed by atoms with E-state index in [1.165, 1.54) is 0 Å². The number of nitrogens with one attached hydrogen (secondary N) is 2. The first-order valence-electron chi connectivity index (χ1n) is 4.26. The van der Waals surface area contributed by atoms with E-state index in [2.05, 4.69) is 16.7 Å². The van der Waals surface area contributed by atoms with Crippen molar-refractivity contribution in [2.24, 2.45) is 5.73 Å². The van der Waals surface area contributed by atoms with Gasteiger partial charge in [0.2, 0.25) is 0 Å². The van der Waals surface area contributed by atoms with Crippen molar-refractivity contribution in [1.82, 2.24) is 10.6 Å². The number of rotatable bonds is 6. The summed E-state index contributed by atoms with van der Waals surface area (Å²) in [5.74, 6) is 0. The molecule has 0 aromatic rings. The third-order valence-electron chi connectivity index (χ3n) is 1.54. The Hall–Kier alpha value is -0.800. The molecule has 0 saturated carbocycles. The van der Waals surface area contributed by atoms with Crippen LogP contribution in [-0.4, -0.2) is 19.6 Å². The van der Waals surface area contributed by atoms with Gasteiger partial charge in [-0.3, -0.25) is 0 Å². The predicted octanol–water partition coefficient (Wildman–Crippen LogP) is 0.560. The number of hydrogen-bond acceptors (Lipinski definition) is 3. The minimum Gasteiger partial charge on any atom is -0.368 e. The lowest BCUT2D eigenvalue weighted by atomic mass is 10.2. The highest BCUT2D eigenvalue weighted by molar-refractivity contribution is 4.94. The van der Waals surface area contributed by atoms with Crippen molar-refractivity contribution in [3.05, 3.63) is 24.6 Å². The number of likely N-dealkylation sites (N-methyl/N-ethyl adjacent to an activating group) is 1. The molecule has 4 N–H and O–H groups in total. The zero-order chi connectivity index (χ0) is 9.23. The minimum atomic E-state index is 0.368. The highest BCUT2D eigenvalue weighted by Gasteiger charge is 1.96. The Morgan fingerprint density at radius 1 is 1.42 bits per heavy atom. The van der Waals surface area contributed by atoms with Crippen LogP contribution in [0.5, 0.6) is 0 Å². The first kappa shape index (κ1) is 11.2. The van der Waals surface area contributed by atoms with Crippen LogP contribution in [0.25, 0.3) is 0 Å². The van der Waals surface area contributed by atoms with Gasteiger partial charge in [0.05, 0.1) is 0 Å². The second-order valence-electron chi connectivity index (χ2n) is 2.50. The molecule has 70 valence electrons. The minimum absolute atomic E-state index is 0.368. The molecule has 0 aliphatic carbocycles. The predicted molar refractivity (Wildman–Crippen MR) is 53.6 cm³/mol. The number of allylic oxidation sites excluding steroid dienone is 1. The summed E-state index contributed by atoms with van der Waals surface area (Å²) in [6.07, 6.45) is 8.77. The van der Waals surface area contributed by atoms with E-state index >= 15 is 0 Å². The Kier molecular flexibility index (Phi) is 7.74. The Morgan fingerprint density at radius 2 is 2.17 bits per heavy atom. The van der Waals surface area contributed by atoms with E-state index < -0.39 is 0 Å². The fraction of sp³-hybridized carbons (Fsp3) is 0.556. The van der Waals surface area contributed by atoms with Crippen LogP contribution in [0.15, 0.2) is 24.6 Å². The summed E-state index contributed by atoms with van der Waals surface area (Å²) in [6, 6.07) is 0.368. The van der Waals surface area contributed by atoms with Crippen LogP contribution in [0.1, 0.15) is 13.3 Å². The molecule has 0 radical (unpaired) electrons. The summed E-state index contributed by atoms with van der Waals surface area (Å²) >= 11 is 0. The third kappa shape index (κ3) is 5.95. The van der Waals surface area contributed by atoms with Crippen LogP contribution in [0, 0.1) is 0 Å². The van der Waals surface area contributed by atoms with Crippen molar-refractivity contribution < 1.29 is 0 Å². The molecule has 0 aliphatic heterocycles. The van der Waals surface area contributed by atoms with Gasteiger partial charge in [0.1, 0.15) is 0 Å². The van der Waals surface area contributed by atoms with Gasteiger partial charge in [0, 0.05) is 6.04 Å². The van der Waals surface area contributed by atoms with E-state index in [9.17, 15) is 0 Å². The van der Waals surface area contributed by atoms with Gasteiger partial charge >= 0.3 is 0 Å². The Balaban J connectivity index is 3.60. The first-order valence-corrected chi connectivity index (χ1v) is 4.26. The van der Waals surface area contributed by atoms with Gasteiger partial charge in [-0.15, -0.1) is 0 Å². The van der Waals surface area contributed by atoms with Crippen molar-refractivity contribution in [3.63, 3.8) is 0 Å². The van der Waals surface area contributed by atoms with E-state index in [1.54, 1.807) is 0 Å². The SMILES string of the molecule is C/C=C\N/C=C/C(CCN)NC. The Bertz CT molecular complexity index is 141. The second kappa shape index (κ2) is 8.30. The summed E-state index contributed by atoms with van der Waals surface area (Å²) in [5, 5.41) is 6.17. The van der Waals surface area contributed by atoms with Crippen LogP contribution in [0.3, 0.4) is 0 Å². The van der Waals surface area contributed by atoms with Gasteiger partial charge in [-0.05, 0) is 39.3 Å². The molecule has 0 rings (SSSR count). The number of hydrogen-bond donors (Lipinski definition) is 3. The molecule has 0 aromatic carbocycles. The quantitative estimate of drug-likeness (QED) is 0.544. The highest BCUT2D eigenvalue weighted by atomic mass is 14.9. The van der Waals surface area contributed by atoms with E-state index in [0.29, 0.717) is 12.6 Å². The van der Waals surface area contributed by atoms with Crippen LogP contribution in [0.4, 0.5) is 0 Å². The highest BCUT2D eigenvalue weighted by Crippen LogP contribution is 1.89. The van der Waals surface area contributed by atoms with Gasteiger partial charge in [0.15, 0.2) is 0 Å². The average Bonchev–Trinajstić information content (AvgIpc) is 2.10. The van der Waals surface area contributed by atoms with Crippen LogP contribution < -0.4 is 16.4 Å². The molecule has 0 amide bonds. The topological polar surface area (TPSA) is 50.1 Å². The van der Waals surface area contributed by atoms with Crippen LogP contribution >= 0.6 is 0 Å². The van der Waals surface area contributed by atoms with Gasteiger partial charge in [-0.1, -0.05) is 12.2 Å². The molecule has 0 aromatic heterocycles. The largest absolute Gasteiger partial charge is 0.368 e. The molecule has 3 nitrogen and oxygen atoms in total. The molecule has 0 saturated heterocycles. The summed E-state index contributed by atoms with van der Waals surface area (Å²) in [7, 11) is 1.93. The standard InChI is InChI=1S/C9H19N3/c1-3-7-12-8-5-9(11-2)4-6-10/h3,5,7-9,11-12H,4,6,10H2,1-2H3/b7-3-,8-5+. The van der Waals surface area contributed by atoms with Crippen molar-refractivity contribution in [2.45, 2.75) is 19.4 Å². The molecule has 1 unspecified atom stereocenters. The molecule has 12 heavy (non-hydrogen) atoms. The molecular weight excluding hydrogens is 150 g/mol. The Labute approximate surface area is 74.7 Å². The van der Waals surface area contributed by atoms with Crippen LogP contribution in [0.2, 0.25) is 0 Å². The summed E-state index contributed by atoms with van der Waals surface area (Å²) < 4.78 is 0. The van der Waals surface area contributed by atoms with Gasteiger partial charge in [0.25, 0.3) is 0 Å². The second-order valence-corrected chi connectivity index (χ2v) is 2.50. The molecule has 0 fully saturated rings. The molecule has 0 spiro atoms. The molecule has 0 heterocycles. The summed E-state index contributed by atoms with van der Waals surface area (Å²) in [6.45, 7) is 2.68. The monoisotopic (exact) mass is 169 g/mol. The lowest BCUT2D eigenvalue weighted by molar-refractivity contribution is 0.620. The maximum absolute atomic E-state index is 5.43. The van der Waals surface area contributed by atoms with Crippen molar-refractivity contribution in [1.29, 1.82) is 0 Å². The lowest BCUT2D eigenvalue weighted by Gasteiger charge is -2.08. The molecule has 1 atom stereocenters. The van der Waals surface area contributed by atoms with Crippen molar-refractivity contribution in [2.75, 3.05) is 13.6 Å². The molecule has 3 heteroatoms. The third-order valence-corrected chi connectivity index (χ3v) is 1.54. The van der Waals surface area contributed by atoms with E-state index in [0.717, 1.165) is 6.42 Å². The zero-order valence-corrected chi connectivity index (χ0v) is 7.88. The smallest absolute Gasteiger partial charge is 0.0276 e. The maximum atomic E-state index is 5.43. The normalized spacial score (nSPS) is 14.2. The average molecular weight is 169 g/mol. The Morgan fingerprint density at radius 3 is 2.67 bits per heavy atom. The molecule has 0 aliphatic rings. The van der Waals surface area contributed by atoms with Crippen molar-refractivity contribution >= 4 is 0 Å².